The molecule has 4 nitrogen and oxygen atoms in total. The molecule has 0 aliphatic rings. The van der Waals surface area contributed by atoms with Crippen molar-refractivity contribution in [2.24, 2.45) is 0 Å². The van der Waals surface area contributed by atoms with E-state index in [0.29, 0.717) is 12.2 Å². The van der Waals surface area contributed by atoms with Crippen LogP contribution in [0.5, 0.6) is 0 Å². The number of nitrogens with zero attached hydrogens (tertiary/aromatic N) is 1. The highest BCUT2D eigenvalue weighted by atomic mass is 32.2. The Bertz CT molecular complexity index is 1020. The van der Waals surface area contributed by atoms with Gasteiger partial charge in [0.1, 0.15) is 0 Å². The first-order chi connectivity index (χ1) is 16.2. The Morgan fingerprint density at radius 3 is 1.88 bits per heavy atom. The van der Waals surface area contributed by atoms with Gasteiger partial charge in [0.25, 0.3) is 0 Å². The molecular weight excluding hydrogens is 448 g/mol. The number of ether oxygens (including phenoxy) is 1. The quantitative estimate of drug-likeness (QED) is 0.296. The maximum absolute atomic E-state index is 12.1. The fourth-order valence-corrected chi connectivity index (χ4v) is 6.09. The molecule has 33 heavy (non-hydrogen) atoms. The van der Waals surface area contributed by atoms with Crippen molar-refractivity contribution in [3.8, 4) is 0 Å². The largest absolute Gasteiger partial charge is 0.453 e. The number of hydrogen-bond acceptors (Lipinski definition) is 5. The van der Waals surface area contributed by atoms with Crippen molar-refractivity contribution in [2.45, 2.75) is 17.2 Å². The van der Waals surface area contributed by atoms with Crippen LogP contribution in [0, 0.1) is 0 Å². The van der Waals surface area contributed by atoms with E-state index in [4.69, 9.17) is 4.74 Å². The van der Waals surface area contributed by atoms with Gasteiger partial charge in [0.2, 0.25) is 0 Å². The normalized spacial score (nSPS) is 12.2. The average molecular weight is 475 g/mol. The summed E-state index contributed by atoms with van der Waals surface area (Å²) in [6, 6.07) is 31.5. The third-order valence-electron chi connectivity index (χ3n) is 5.49. The molecule has 1 aromatic heterocycles. The van der Waals surface area contributed by atoms with Crippen LogP contribution in [-0.4, -0.2) is 30.0 Å². The first-order valence-corrected chi connectivity index (χ1v) is 12.7. The molecule has 0 saturated carbocycles. The van der Waals surface area contributed by atoms with E-state index in [1.807, 2.05) is 40.9 Å². The summed E-state index contributed by atoms with van der Waals surface area (Å²) in [7, 11) is 1.39. The van der Waals surface area contributed by atoms with Crippen LogP contribution in [-0.2, 0) is 15.9 Å². The highest BCUT2D eigenvalue weighted by molar-refractivity contribution is 8.00. The van der Waals surface area contributed by atoms with Crippen molar-refractivity contribution >= 4 is 29.2 Å². The molecule has 0 aliphatic carbocycles. The van der Waals surface area contributed by atoms with E-state index < -0.39 is 10.8 Å². The second-order valence-corrected chi connectivity index (χ2v) is 9.56. The van der Waals surface area contributed by atoms with E-state index in [2.05, 4.69) is 83.1 Å². The number of hydrogen-bond donors (Lipinski definition) is 1. The molecule has 6 heteroatoms. The molecule has 1 atom stereocenters. The van der Waals surface area contributed by atoms with E-state index in [-0.39, 0.29) is 6.04 Å². The molecule has 168 valence electrons. The molecular formula is C27H26N2O2S2. The van der Waals surface area contributed by atoms with Gasteiger partial charge in [-0.3, -0.25) is 0 Å². The van der Waals surface area contributed by atoms with Crippen molar-refractivity contribution in [3.63, 3.8) is 0 Å². The minimum Gasteiger partial charge on any atom is -0.453 e. The topological polar surface area (TPSA) is 51.2 Å². The van der Waals surface area contributed by atoms with Crippen molar-refractivity contribution in [3.05, 3.63) is 124 Å². The molecule has 0 aliphatic heterocycles. The predicted octanol–water partition coefficient (Wildman–Crippen LogP) is 6.14. The highest BCUT2D eigenvalue weighted by Crippen LogP contribution is 2.48. The Balaban J connectivity index is 1.76. The average Bonchev–Trinajstić information content (AvgIpc) is 3.39. The molecule has 0 saturated heterocycles. The lowest BCUT2D eigenvalue weighted by Gasteiger charge is -2.36. The van der Waals surface area contributed by atoms with Crippen LogP contribution in [0.2, 0.25) is 0 Å². The fraction of sp³-hybridized carbons (Fsp3) is 0.185. The fourth-order valence-electron chi connectivity index (χ4n) is 3.96. The Labute approximate surface area is 203 Å². The lowest BCUT2D eigenvalue weighted by atomic mass is 9.84. The Morgan fingerprint density at radius 2 is 1.45 bits per heavy atom. The summed E-state index contributed by atoms with van der Waals surface area (Å²) >= 11 is 3.37. The van der Waals surface area contributed by atoms with Crippen LogP contribution in [0.1, 0.15) is 22.4 Å². The van der Waals surface area contributed by atoms with Crippen LogP contribution < -0.4 is 5.32 Å². The first-order valence-electron chi connectivity index (χ1n) is 10.7. The number of rotatable bonds is 9. The second-order valence-electron chi connectivity index (χ2n) is 7.61. The highest BCUT2D eigenvalue weighted by Gasteiger charge is 2.37. The Kier molecular flexibility index (Phi) is 7.81. The molecule has 0 radical (unpaired) electrons. The zero-order chi connectivity index (χ0) is 22.9. The first kappa shape index (κ1) is 23.1. The summed E-state index contributed by atoms with van der Waals surface area (Å²) in [6.07, 6.45) is 0.209. The van der Waals surface area contributed by atoms with Crippen molar-refractivity contribution in [1.29, 1.82) is 0 Å². The smallest absolute Gasteiger partial charge is 0.407 e. The molecule has 4 rings (SSSR count). The lowest BCUT2D eigenvalue weighted by Crippen LogP contribution is -2.40. The van der Waals surface area contributed by atoms with Crippen LogP contribution in [0.3, 0.4) is 0 Å². The van der Waals surface area contributed by atoms with Crippen LogP contribution in [0.4, 0.5) is 4.79 Å². The van der Waals surface area contributed by atoms with Crippen molar-refractivity contribution < 1.29 is 9.53 Å². The molecule has 0 unspecified atom stereocenters. The van der Waals surface area contributed by atoms with E-state index in [1.165, 1.54) is 23.8 Å². The maximum atomic E-state index is 12.1. The standard InChI is InChI=1S/C27H26N2O2S2/c1-31-26(30)29-25(17-24-18-32-20-28-24)19-33-27(21-11-5-2-6-12-21,22-13-7-3-8-14-22)23-15-9-4-10-16-23/h2-16,18,20,25H,17,19H2,1H3,(H,29,30)/t25-/m0/s1. The van der Waals surface area contributed by atoms with Gasteiger partial charge in [0.15, 0.2) is 0 Å². The summed E-state index contributed by atoms with van der Waals surface area (Å²) in [5.41, 5.74) is 6.36. The third kappa shape index (κ3) is 5.46. The minimum atomic E-state index is -0.443. The number of alkyl carbamates (subject to hydrolysis) is 1. The number of benzene rings is 3. The van der Waals surface area contributed by atoms with Gasteiger partial charge in [-0.2, -0.15) is 0 Å². The van der Waals surface area contributed by atoms with Gasteiger partial charge < -0.3 is 10.1 Å². The van der Waals surface area contributed by atoms with Gasteiger partial charge in [-0.15, -0.1) is 23.1 Å². The monoisotopic (exact) mass is 474 g/mol. The Morgan fingerprint density at radius 1 is 0.939 bits per heavy atom. The summed E-state index contributed by atoms with van der Waals surface area (Å²) in [5, 5.41) is 5.04. The van der Waals surface area contributed by atoms with Crippen LogP contribution >= 0.6 is 23.1 Å². The number of aromatic nitrogens is 1. The zero-order valence-corrected chi connectivity index (χ0v) is 20.0. The van der Waals surface area contributed by atoms with Crippen molar-refractivity contribution in [1.82, 2.24) is 10.3 Å². The number of thioether (sulfide) groups is 1. The number of carbonyl (C=O) groups excluding carboxylic acids is 1. The number of carbonyl (C=O) groups is 1. The Hall–Kier alpha value is -3.09. The molecule has 0 fully saturated rings. The van der Waals surface area contributed by atoms with Gasteiger partial charge in [-0.1, -0.05) is 91.0 Å². The zero-order valence-electron chi connectivity index (χ0n) is 18.4. The summed E-state index contributed by atoms with van der Waals surface area (Å²) in [5.74, 6) is 0.672. The number of nitrogens with one attached hydrogen (secondary N) is 1. The van der Waals surface area contributed by atoms with Gasteiger partial charge in [0.05, 0.1) is 23.1 Å². The summed E-state index contributed by atoms with van der Waals surface area (Å²) in [4.78, 5) is 16.5. The molecule has 0 spiro atoms. The molecule has 1 amide bonds. The van der Waals surface area contributed by atoms with Gasteiger partial charge in [0, 0.05) is 23.6 Å². The van der Waals surface area contributed by atoms with Crippen LogP contribution in [0.15, 0.2) is 102 Å². The van der Waals surface area contributed by atoms with E-state index in [9.17, 15) is 4.79 Å². The van der Waals surface area contributed by atoms with Gasteiger partial charge in [-0.25, -0.2) is 9.78 Å². The number of methoxy groups -OCH3 is 1. The van der Waals surface area contributed by atoms with E-state index >= 15 is 0 Å². The lowest BCUT2D eigenvalue weighted by molar-refractivity contribution is 0.167. The molecule has 4 aromatic rings. The SMILES string of the molecule is COC(=O)N[C@H](CSC(c1ccccc1)(c1ccccc1)c1ccccc1)Cc1cscn1. The second kappa shape index (κ2) is 11.2. The van der Waals surface area contributed by atoms with Crippen molar-refractivity contribution in [2.75, 3.05) is 12.9 Å². The maximum Gasteiger partial charge on any atom is 0.407 e. The van der Waals surface area contributed by atoms with E-state index in [0.717, 1.165) is 5.69 Å². The summed E-state index contributed by atoms with van der Waals surface area (Å²) < 4.78 is 4.47. The van der Waals surface area contributed by atoms with Gasteiger partial charge >= 0.3 is 6.09 Å². The van der Waals surface area contributed by atoms with Gasteiger partial charge in [-0.05, 0) is 16.7 Å². The summed E-state index contributed by atoms with van der Waals surface area (Å²) in [6.45, 7) is 0. The predicted molar refractivity (Wildman–Crippen MR) is 137 cm³/mol. The number of amides is 1. The van der Waals surface area contributed by atoms with Crippen LogP contribution in [0.25, 0.3) is 0 Å². The van der Waals surface area contributed by atoms with E-state index in [1.54, 1.807) is 11.3 Å². The molecule has 0 bridgehead atoms. The molecule has 1 heterocycles. The number of thiazole rings is 1. The molecule has 3 aromatic carbocycles. The minimum absolute atomic E-state index is 0.139. The third-order valence-corrected chi connectivity index (χ3v) is 7.83. The molecule has 1 N–H and O–H groups in total.